The maximum absolute atomic E-state index is 12.5. The first kappa shape index (κ1) is 17.2. The molecule has 1 aliphatic heterocycles. The van der Waals surface area contributed by atoms with Gasteiger partial charge >= 0.3 is 0 Å². The lowest BCUT2D eigenvalue weighted by atomic mass is 9.72. The predicted molar refractivity (Wildman–Crippen MR) is 98.6 cm³/mol. The van der Waals surface area contributed by atoms with Gasteiger partial charge in [-0.15, -0.1) is 0 Å². The van der Waals surface area contributed by atoms with Crippen LogP contribution in [-0.4, -0.2) is 40.0 Å². The minimum atomic E-state index is -0.572. The summed E-state index contributed by atoms with van der Waals surface area (Å²) in [6, 6.07) is 9.75. The number of aryl methyl sites for hydroxylation is 1. The Kier molecular flexibility index (Phi) is 4.78. The molecule has 2 aliphatic rings. The molecule has 0 unspecified atom stereocenters. The Labute approximate surface area is 153 Å². The summed E-state index contributed by atoms with van der Waals surface area (Å²) in [7, 11) is 0. The molecule has 6 heteroatoms. The second kappa shape index (κ2) is 7.21. The number of hydrogen-bond donors (Lipinski definition) is 3. The summed E-state index contributed by atoms with van der Waals surface area (Å²) in [6.07, 6.45) is 6.03. The van der Waals surface area contributed by atoms with Crippen LogP contribution in [0.2, 0.25) is 0 Å². The van der Waals surface area contributed by atoms with Gasteiger partial charge in [0, 0.05) is 30.8 Å². The fourth-order valence-corrected chi connectivity index (χ4v) is 4.54. The van der Waals surface area contributed by atoms with Crippen LogP contribution in [0.3, 0.4) is 0 Å². The fraction of sp³-hybridized carbons (Fsp3) is 0.500. The number of carbonyl (C=O) groups is 1. The highest BCUT2D eigenvalue weighted by atomic mass is 16.3. The summed E-state index contributed by atoms with van der Waals surface area (Å²) in [5, 5.41) is 21.8. The van der Waals surface area contributed by atoms with Crippen molar-refractivity contribution in [3.63, 3.8) is 0 Å². The summed E-state index contributed by atoms with van der Waals surface area (Å²) >= 11 is 0. The summed E-state index contributed by atoms with van der Waals surface area (Å²) in [4.78, 5) is 12.5. The van der Waals surface area contributed by atoms with E-state index in [0.717, 1.165) is 44.5 Å². The van der Waals surface area contributed by atoms with Crippen molar-refractivity contribution < 1.29 is 9.90 Å². The Morgan fingerprint density at radius 3 is 2.88 bits per heavy atom. The monoisotopic (exact) mass is 354 g/mol. The highest BCUT2D eigenvalue weighted by molar-refractivity contribution is 5.77. The lowest BCUT2D eigenvalue weighted by Gasteiger charge is -2.38. The molecule has 1 saturated heterocycles. The van der Waals surface area contributed by atoms with Crippen LogP contribution in [0.4, 0.5) is 0 Å². The molecule has 1 aliphatic carbocycles. The zero-order valence-corrected chi connectivity index (χ0v) is 14.9. The standard InChI is InChI=1S/C20H26N4O2/c25-17(7-3-13-24-14-4-10-22-24)23-18-15-5-1-2-6-16(15)20(19(18)26)8-11-21-12-9-20/h1-2,4-6,10,14,18-19,21,26H,3,7-9,11-13H2,(H,23,25)/t18-,19+/m1/s1. The molecular formula is C20H26N4O2. The van der Waals surface area contributed by atoms with Gasteiger partial charge < -0.3 is 15.7 Å². The van der Waals surface area contributed by atoms with Crippen molar-refractivity contribution in [1.29, 1.82) is 0 Å². The van der Waals surface area contributed by atoms with E-state index in [9.17, 15) is 9.90 Å². The van der Waals surface area contributed by atoms with Crippen LogP contribution >= 0.6 is 0 Å². The van der Waals surface area contributed by atoms with Gasteiger partial charge in [0.05, 0.1) is 12.1 Å². The number of rotatable bonds is 5. The summed E-state index contributed by atoms with van der Waals surface area (Å²) in [5.74, 6) is -0.0120. The van der Waals surface area contributed by atoms with Crippen LogP contribution in [0.15, 0.2) is 42.7 Å². The first-order valence-electron chi connectivity index (χ1n) is 9.46. The quantitative estimate of drug-likeness (QED) is 0.761. The first-order valence-corrected chi connectivity index (χ1v) is 9.46. The second-order valence-corrected chi connectivity index (χ2v) is 7.36. The highest BCUT2D eigenvalue weighted by Crippen LogP contribution is 2.49. The third kappa shape index (κ3) is 3.04. The molecule has 0 bridgehead atoms. The summed E-state index contributed by atoms with van der Waals surface area (Å²) < 4.78 is 1.83. The topological polar surface area (TPSA) is 79.2 Å². The fourth-order valence-electron chi connectivity index (χ4n) is 4.54. The van der Waals surface area contributed by atoms with E-state index in [4.69, 9.17) is 0 Å². The van der Waals surface area contributed by atoms with E-state index in [1.807, 2.05) is 35.1 Å². The average Bonchev–Trinajstić information content (AvgIpc) is 3.26. The molecule has 26 heavy (non-hydrogen) atoms. The van der Waals surface area contributed by atoms with Crippen molar-refractivity contribution in [2.75, 3.05) is 13.1 Å². The predicted octanol–water partition coefficient (Wildman–Crippen LogP) is 1.52. The molecule has 2 atom stereocenters. The third-order valence-electron chi connectivity index (χ3n) is 5.88. The molecule has 3 N–H and O–H groups in total. The molecule has 1 fully saturated rings. The van der Waals surface area contributed by atoms with E-state index in [0.29, 0.717) is 6.42 Å². The van der Waals surface area contributed by atoms with Crippen molar-refractivity contribution in [2.45, 2.75) is 49.8 Å². The zero-order valence-electron chi connectivity index (χ0n) is 14.9. The van der Waals surface area contributed by atoms with Gasteiger partial charge in [0.1, 0.15) is 0 Å². The number of hydrogen-bond acceptors (Lipinski definition) is 4. The number of aliphatic hydroxyl groups is 1. The van der Waals surface area contributed by atoms with Crippen LogP contribution < -0.4 is 10.6 Å². The Morgan fingerprint density at radius 1 is 1.31 bits per heavy atom. The number of fused-ring (bicyclic) bond motifs is 2. The lowest BCUT2D eigenvalue weighted by molar-refractivity contribution is -0.123. The summed E-state index contributed by atoms with van der Waals surface area (Å²) in [6.45, 7) is 2.52. The number of aliphatic hydroxyl groups excluding tert-OH is 1. The number of carbonyl (C=O) groups excluding carboxylic acids is 1. The SMILES string of the molecule is O=C(CCCn1cccn1)N[C@@H]1c2ccccc2C2(CCNCC2)[C@H]1O. The molecular weight excluding hydrogens is 328 g/mol. The maximum atomic E-state index is 12.5. The molecule has 1 spiro atoms. The Morgan fingerprint density at radius 2 is 2.12 bits per heavy atom. The largest absolute Gasteiger partial charge is 0.390 e. The van der Waals surface area contributed by atoms with Crippen LogP contribution in [0.25, 0.3) is 0 Å². The molecule has 2 aromatic rings. The van der Waals surface area contributed by atoms with E-state index in [-0.39, 0.29) is 17.4 Å². The van der Waals surface area contributed by atoms with E-state index < -0.39 is 6.10 Å². The van der Waals surface area contributed by atoms with Crippen molar-refractivity contribution in [1.82, 2.24) is 20.4 Å². The second-order valence-electron chi connectivity index (χ2n) is 7.36. The minimum absolute atomic E-state index is 0.0120. The van der Waals surface area contributed by atoms with Gasteiger partial charge in [0.25, 0.3) is 0 Å². The molecule has 1 amide bonds. The molecule has 1 aromatic heterocycles. The average molecular weight is 354 g/mol. The van der Waals surface area contributed by atoms with Gasteiger partial charge in [0.15, 0.2) is 0 Å². The van der Waals surface area contributed by atoms with Crippen LogP contribution in [0.1, 0.15) is 42.9 Å². The lowest BCUT2D eigenvalue weighted by Crippen LogP contribution is -2.48. The van der Waals surface area contributed by atoms with E-state index in [1.54, 1.807) is 6.20 Å². The van der Waals surface area contributed by atoms with E-state index >= 15 is 0 Å². The molecule has 2 heterocycles. The first-order chi connectivity index (χ1) is 12.7. The van der Waals surface area contributed by atoms with Gasteiger partial charge in [-0.2, -0.15) is 5.10 Å². The van der Waals surface area contributed by atoms with Crippen molar-refractivity contribution in [3.8, 4) is 0 Å². The number of amides is 1. The van der Waals surface area contributed by atoms with Gasteiger partial charge in [-0.25, -0.2) is 0 Å². The normalized spacial score (nSPS) is 23.7. The number of piperidine rings is 1. The number of nitrogens with one attached hydrogen (secondary N) is 2. The third-order valence-corrected chi connectivity index (χ3v) is 5.88. The van der Waals surface area contributed by atoms with Crippen molar-refractivity contribution >= 4 is 5.91 Å². The van der Waals surface area contributed by atoms with Gasteiger partial charge in [-0.05, 0) is 49.5 Å². The molecule has 138 valence electrons. The smallest absolute Gasteiger partial charge is 0.220 e. The van der Waals surface area contributed by atoms with E-state index in [2.05, 4.69) is 21.8 Å². The molecule has 0 saturated carbocycles. The Bertz CT molecular complexity index is 753. The molecule has 1 aromatic carbocycles. The van der Waals surface area contributed by atoms with Crippen LogP contribution in [0.5, 0.6) is 0 Å². The zero-order chi connectivity index (χ0) is 18.0. The van der Waals surface area contributed by atoms with Crippen LogP contribution in [0, 0.1) is 0 Å². The minimum Gasteiger partial charge on any atom is -0.390 e. The Balaban J connectivity index is 1.45. The maximum Gasteiger partial charge on any atom is 0.220 e. The van der Waals surface area contributed by atoms with Crippen molar-refractivity contribution in [2.24, 2.45) is 0 Å². The summed E-state index contributed by atoms with van der Waals surface area (Å²) in [5.41, 5.74) is 2.03. The molecule has 4 rings (SSSR count). The number of aromatic nitrogens is 2. The Hall–Kier alpha value is -2.18. The van der Waals surface area contributed by atoms with Gasteiger partial charge in [0.2, 0.25) is 5.91 Å². The molecule has 0 radical (unpaired) electrons. The number of nitrogens with zero attached hydrogens (tertiary/aromatic N) is 2. The van der Waals surface area contributed by atoms with Gasteiger partial charge in [-0.3, -0.25) is 9.48 Å². The number of benzene rings is 1. The molecule has 6 nitrogen and oxygen atoms in total. The highest BCUT2D eigenvalue weighted by Gasteiger charge is 2.51. The van der Waals surface area contributed by atoms with Gasteiger partial charge in [-0.1, -0.05) is 24.3 Å². The van der Waals surface area contributed by atoms with Crippen LogP contribution in [-0.2, 0) is 16.8 Å². The van der Waals surface area contributed by atoms with E-state index in [1.165, 1.54) is 5.56 Å². The van der Waals surface area contributed by atoms with Crippen molar-refractivity contribution in [3.05, 3.63) is 53.9 Å².